The average molecular weight is 406 g/mol. The summed E-state index contributed by atoms with van der Waals surface area (Å²) in [6.45, 7) is 1.50. The van der Waals surface area contributed by atoms with Crippen LogP contribution in [0.1, 0.15) is 15.9 Å². The maximum absolute atomic E-state index is 12.7. The first kappa shape index (κ1) is 19.2. The number of nitrogens with zero attached hydrogens (tertiary/aromatic N) is 1. The zero-order valence-corrected chi connectivity index (χ0v) is 16.0. The highest BCUT2D eigenvalue weighted by Gasteiger charge is 2.28. The van der Waals surface area contributed by atoms with Gasteiger partial charge in [0.1, 0.15) is 24.9 Å². The molecule has 0 bridgehead atoms. The molecule has 0 spiro atoms. The highest BCUT2D eigenvalue weighted by atomic mass is 16.3. The van der Waals surface area contributed by atoms with Crippen LogP contribution < -0.4 is 16.0 Å². The molecule has 1 aliphatic rings. The van der Waals surface area contributed by atoms with Gasteiger partial charge in [-0.1, -0.05) is 24.3 Å². The van der Waals surface area contributed by atoms with E-state index < -0.39 is 17.8 Å². The number of para-hydroxylation sites is 1. The largest absolute Gasteiger partial charge is 0.463 e. The van der Waals surface area contributed by atoms with E-state index in [9.17, 15) is 19.2 Å². The molecule has 3 N–H and O–H groups in total. The summed E-state index contributed by atoms with van der Waals surface area (Å²) >= 11 is 0. The fourth-order valence-corrected chi connectivity index (χ4v) is 3.24. The van der Waals surface area contributed by atoms with Crippen molar-refractivity contribution < 1.29 is 23.6 Å². The number of carbonyl (C=O) groups is 4. The van der Waals surface area contributed by atoms with Crippen molar-refractivity contribution in [3.05, 3.63) is 59.9 Å². The summed E-state index contributed by atoms with van der Waals surface area (Å²) in [5.41, 5.74) is 2.93. The molecule has 1 aliphatic heterocycles. The zero-order chi connectivity index (χ0) is 21.3. The third-order valence-electron chi connectivity index (χ3n) is 4.65. The van der Waals surface area contributed by atoms with E-state index in [0.29, 0.717) is 22.5 Å². The van der Waals surface area contributed by atoms with Crippen molar-refractivity contribution in [1.29, 1.82) is 0 Å². The summed E-state index contributed by atoms with van der Waals surface area (Å²) in [6.07, 6.45) is 1.42. The Kier molecular flexibility index (Phi) is 4.93. The minimum atomic E-state index is -0.598. The average Bonchev–Trinajstić information content (AvgIpc) is 3.26. The molecule has 2 aromatic carbocycles. The van der Waals surface area contributed by atoms with E-state index in [1.54, 1.807) is 24.3 Å². The van der Waals surface area contributed by atoms with Crippen molar-refractivity contribution in [3.63, 3.8) is 0 Å². The Bertz CT molecular complexity index is 1180. The van der Waals surface area contributed by atoms with Gasteiger partial charge >= 0.3 is 6.03 Å². The van der Waals surface area contributed by atoms with E-state index in [4.69, 9.17) is 4.42 Å². The maximum Gasteiger partial charge on any atom is 0.325 e. The smallest absolute Gasteiger partial charge is 0.325 e. The first-order valence-corrected chi connectivity index (χ1v) is 9.17. The molecule has 0 saturated carbocycles. The van der Waals surface area contributed by atoms with Gasteiger partial charge in [0.2, 0.25) is 11.8 Å². The highest BCUT2D eigenvalue weighted by molar-refractivity contribution is 6.12. The van der Waals surface area contributed by atoms with Crippen molar-refractivity contribution in [1.82, 2.24) is 10.2 Å². The van der Waals surface area contributed by atoms with Crippen molar-refractivity contribution in [2.75, 3.05) is 23.7 Å². The van der Waals surface area contributed by atoms with Crippen LogP contribution in [-0.2, 0) is 9.59 Å². The molecule has 9 heteroatoms. The third-order valence-corrected chi connectivity index (χ3v) is 4.65. The van der Waals surface area contributed by atoms with Gasteiger partial charge in [0, 0.05) is 16.8 Å². The summed E-state index contributed by atoms with van der Waals surface area (Å²) in [5, 5.41) is 8.26. The van der Waals surface area contributed by atoms with Gasteiger partial charge < -0.3 is 20.0 Å². The van der Waals surface area contributed by atoms with Crippen molar-refractivity contribution in [2.45, 2.75) is 6.92 Å². The minimum absolute atomic E-state index is 0.152. The predicted octanol–water partition coefficient (Wildman–Crippen LogP) is 2.48. The van der Waals surface area contributed by atoms with E-state index in [2.05, 4.69) is 16.0 Å². The lowest BCUT2D eigenvalue weighted by molar-refractivity contribution is -0.119. The molecule has 0 radical (unpaired) electrons. The second-order valence-electron chi connectivity index (χ2n) is 6.89. The van der Waals surface area contributed by atoms with Crippen LogP contribution in [0.4, 0.5) is 16.2 Å². The summed E-state index contributed by atoms with van der Waals surface area (Å²) in [7, 11) is 0. The molecule has 1 saturated heterocycles. The van der Waals surface area contributed by atoms with Crippen LogP contribution in [0.3, 0.4) is 0 Å². The number of rotatable bonds is 5. The number of fused-ring (bicyclic) bond motifs is 1. The number of anilines is 2. The number of aryl methyl sites for hydroxylation is 1. The molecule has 1 fully saturated rings. The number of imide groups is 1. The molecule has 9 nitrogen and oxygen atoms in total. The van der Waals surface area contributed by atoms with Gasteiger partial charge in [0.25, 0.3) is 5.91 Å². The van der Waals surface area contributed by atoms with Gasteiger partial charge in [-0.25, -0.2) is 4.79 Å². The highest BCUT2D eigenvalue weighted by Crippen LogP contribution is 2.25. The number of amides is 5. The second kappa shape index (κ2) is 7.70. The van der Waals surface area contributed by atoms with E-state index in [1.165, 1.54) is 6.26 Å². The van der Waals surface area contributed by atoms with Gasteiger partial charge in [0.05, 0.1) is 5.56 Å². The van der Waals surface area contributed by atoms with Gasteiger partial charge in [-0.15, -0.1) is 0 Å². The first-order chi connectivity index (χ1) is 14.4. The molecule has 4 rings (SSSR count). The number of hydrogen-bond acceptors (Lipinski definition) is 5. The molecule has 0 atom stereocenters. The maximum atomic E-state index is 12.7. The van der Waals surface area contributed by atoms with E-state index in [1.807, 2.05) is 25.1 Å². The zero-order valence-electron chi connectivity index (χ0n) is 16.0. The quantitative estimate of drug-likeness (QED) is 0.562. The minimum Gasteiger partial charge on any atom is -0.463 e. The lowest BCUT2D eigenvalue weighted by Gasteiger charge is -2.13. The molecule has 30 heavy (non-hydrogen) atoms. The number of hydrogen-bond donors (Lipinski definition) is 3. The van der Waals surface area contributed by atoms with Crippen molar-refractivity contribution >= 4 is 46.1 Å². The Morgan fingerprint density at radius 2 is 1.83 bits per heavy atom. The van der Waals surface area contributed by atoms with Crippen LogP contribution in [0.2, 0.25) is 0 Å². The Morgan fingerprint density at radius 1 is 1.10 bits per heavy atom. The molecule has 1 aromatic heterocycles. The van der Waals surface area contributed by atoms with Crippen LogP contribution in [0.5, 0.6) is 0 Å². The summed E-state index contributed by atoms with van der Waals surface area (Å²) in [4.78, 5) is 48.7. The fraction of sp³-hybridized carbons (Fsp3) is 0.143. The lowest BCUT2D eigenvalue weighted by Crippen LogP contribution is -2.35. The molecule has 152 valence electrons. The number of benzene rings is 2. The van der Waals surface area contributed by atoms with Crippen LogP contribution in [-0.4, -0.2) is 41.7 Å². The molecule has 3 aromatic rings. The van der Waals surface area contributed by atoms with Crippen LogP contribution in [0, 0.1) is 6.92 Å². The normalized spacial score (nSPS) is 13.4. The number of nitrogens with one attached hydrogen (secondary N) is 3. The SMILES string of the molecule is Cc1cccc2c(C(=O)Nc3cccc(NC(=O)CN4CC(=O)NC4=O)c3)coc12. The van der Waals surface area contributed by atoms with Gasteiger partial charge in [-0.2, -0.15) is 0 Å². The Morgan fingerprint density at radius 3 is 2.57 bits per heavy atom. The van der Waals surface area contributed by atoms with Crippen LogP contribution >= 0.6 is 0 Å². The lowest BCUT2D eigenvalue weighted by atomic mass is 10.1. The predicted molar refractivity (Wildman–Crippen MR) is 109 cm³/mol. The molecule has 0 unspecified atom stereocenters. The van der Waals surface area contributed by atoms with E-state index in [0.717, 1.165) is 15.8 Å². The number of urea groups is 1. The van der Waals surface area contributed by atoms with Crippen LogP contribution in [0.15, 0.2) is 53.1 Å². The topological polar surface area (TPSA) is 121 Å². The Balaban J connectivity index is 1.43. The van der Waals surface area contributed by atoms with E-state index in [-0.39, 0.29) is 19.0 Å². The Hall–Kier alpha value is -4.14. The van der Waals surface area contributed by atoms with E-state index >= 15 is 0 Å². The number of carbonyl (C=O) groups excluding carboxylic acids is 4. The summed E-state index contributed by atoms with van der Waals surface area (Å²) < 4.78 is 5.52. The molecule has 5 amide bonds. The van der Waals surface area contributed by atoms with Crippen LogP contribution in [0.25, 0.3) is 11.0 Å². The third kappa shape index (κ3) is 3.86. The second-order valence-corrected chi connectivity index (χ2v) is 6.89. The Labute approximate surface area is 171 Å². The fourth-order valence-electron chi connectivity index (χ4n) is 3.24. The van der Waals surface area contributed by atoms with Gasteiger partial charge in [-0.3, -0.25) is 19.7 Å². The molecule has 2 heterocycles. The summed E-state index contributed by atoms with van der Waals surface area (Å²) in [5.74, 6) is -1.24. The molecular weight excluding hydrogens is 388 g/mol. The number of furan rings is 1. The molecular formula is C21H18N4O5. The van der Waals surface area contributed by atoms with Crippen molar-refractivity contribution in [3.8, 4) is 0 Å². The first-order valence-electron chi connectivity index (χ1n) is 9.17. The van der Waals surface area contributed by atoms with Crippen molar-refractivity contribution in [2.24, 2.45) is 0 Å². The molecule has 0 aliphatic carbocycles. The standard InChI is InChI=1S/C21H18N4O5/c1-12-4-2-7-15-16(11-30-19(12)15)20(28)23-14-6-3-5-13(8-14)22-17(26)9-25-10-18(27)24-21(25)29/h2-8,11H,9-10H2,1H3,(H,22,26)(H,23,28)(H,24,27,29). The van der Waals surface area contributed by atoms with Gasteiger partial charge in [-0.05, 0) is 30.7 Å². The summed E-state index contributed by atoms with van der Waals surface area (Å²) in [6, 6.07) is 11.6. The monoisotopic (exact) mass is 406 g/mol. The van der Waals surface area contributed by atoms with Gasteiger partial charge in [0.15, 0.2) is 0 Å².